The molecule has 0 radical (unpaired) electrons. The number of hydrogen-bond acceptors (Lipinski definition) is 2. The van der Waals surface area contributed by atoms with Gasteiger partial charge in [-0.15, -0.1) is 0 Å². The first-order valence-corrected chi connectivity index (χ1v) is 4.62. The van der Waals surface area contributed by atoms with Crippen LogP contribution in [-0.4, -0.2) is 12.9 Å². The second-order valence-corrected chi connectivity index (χ2v) is 2.96. The molecule has 0 aliphatic carbocycles. The quantitative estimate of drug-likeness (QED) is 0.764. The summed E-state index contributed by atoms with van der Waals surface area (Å²) in [5.41, 5.74) is 0.500. The highest BCUT2D eigenvalue weighted by Crippen LogP contribution is 2.23. The van der Waals surface area contributed by atoms with Crippen molar-refractivity contribution in [2.75, 3.05) is 12.9 Å². The van der Waals surface area contributed by atoms with Crippen LogP contribution >= 0.6 is 12.6 Å². The standard InChI is InChI=1S/C10H10F2OS/c1-13-10-6-9(12)8(11)5-7(10)3-2-4-14/h2-3,5-6,14H,4H2,1H3. The zero-order valence-corrected chi connectivity index (χ0v) is 8.52. The van der Waals surface area contributed by atoms with E-state index in [1.54, 1.807) is 12.2 Å². The SMILES string of the molecule is COc1cc(F)c(F)cc1C=CCS. The molecular weight excluding hydrogens is 206 g/mol. The lowest BCUT2D eigenvalue weighted by atomic mass is 10.2. The molecule has 0 bridgehead atoms. The van der Waals surface area contributed by atoms with Gasteiger partial charge in [0.25, 0.3) is 0 Å². The van der Waals surface area contributed by atoms with Gasteiger partial charge in [0.2, 0.25) is 0 Å². The summed E-state index contributed by atoms with van der Waals surface area (Å²) in [5.74, 6) is -0.960. The van der Waals surface area contributed by atoms with Crippen LogP contribution in [0.15, 0.2) is 18.2 Å². The Morgan fingerprint density at radius 3 is 2.57 bits per heavy atom. The highest BCUT2D eigenvalue weighted by atomic mass is 32.1. The topological polar surface area (TPSA) is 9.23 Å². The number of benzene rings is 1. The van der Waals surface area contributed by atoms with Crippen LogP contribution in [-0.2, 0) is 0 Å². The summed E-state index contributed by atoms with van der Waals surface area (Å²) < 4.78 is 30.5. The molecule has 0 spiro atoms. The van der Waals surface area contributed by atoms with Crippen molar-refractivity contribution < 1.29 is 13.5 Å². The number of thiol groups is 1. The molecule has 76 valence electrons. The number of rotatable bonds is 3. The molecule has 0 N–H and O–H groups in total. The van der Waals surface area contributed by atoms with Gasteiger partial charge in [0.1, 0.15) is 5.75 Å². The highest BCUT2D eigenvalue weighted by Gasteiger charge is 2.07. The molecule has 0 unspecified atom stereocenters. The Morgan fingerprint density at radius 1 is 1.36 bits per heavy atom. The molecule has 1 aromatic rings. The van der Waals surface area contributed by atoms with Gasteiger partial charge in [0.15, 0.2) is 11.6 Å². The van der Waals surface area contributed by atoms with Gasteiger partial charge in [-0.25, -0.2) is 8.78 Å². The Morgan fingerprint density at radius 2 is 2.00 bits per heavy atom. The van der Waals surface area contributed by atoms with E-state index < -0.39 is 11.6 Å². The summed E-state index contributed by atoms with van der Waals surface area (Å²) in [7, 11) is 1.41. The van der Waals surface area contributed by atoms with Crippen LogP contribution in [0.2, 0.25) is 0 Å². The van der Waals surface area contributed by atoms with Gasteiger partial charge < -0.3 is 4.74 Å². The van der Waals surface area contributed by atoms with E-state index in [2.05, 4.69) is 12.6 Å². The molecular formula is C10H10F2OS. The second-order valence-electron chi connectivity index (χ2n) is 2.59. The van der Waals surface area contributed by atoms with E-state index in [1.807, 2.05) is 0 Å². The maximum atomic E-state index is 12.8. The summed E-state index contributed by atoms with van der Waals surface area (Å²) in [6, 6.07) is 2.11. The van der Waals surface area contributed by atoms with Crippen molar-refractivity contribution in [3.63, 3.8) is 0 Å². The van der Waals surface area contributed by atoms with E-state index in [4.69, 9.17) is 4.74 Å². The Balaban J connectivity index is 3.13. The van der Waals surface area contributed by atoms with Crippen molar-refractivity contribution in [2.24, 2.45) is 0 Å². The minimum atomic E-state index is -0.912. The number of hydrogen-bond donors (Lipinski definition) is 1. The minimum Gasteiger partial charge on any atom is -0.496 e. The van der Waals surface area contributed by atoms with Crippen molar-refractivity contribution in [3.05, 3.63) is 35.4 Å². The number of methoxy groups -OCH3 is 1. The van der Waals surface area contributed by atoms with Gasteiger partial charge in [-0.1, -0.05) is 12.2 Å². The maximum absolute atomic E-state index is 12.8. The fourth-order valence-electron chi connectivity index (χ4n) is 1.03. The monoisotopic (exact) mass is 216 g/mol. The first-order valence-electron chi connectivity index (χ1n) is 3.99. The number of ether oxygens (including phenoxy) is 1. The van der Waals surface area contributed by atoms with Crippen molar-refractivity contribution in [2.45, 2.75) is 0 Å². The molecule has 0 saturated heterocycles. The largest absolute Gasteiger partial charge is 0.496 e. The van der Waals surface area contributed by atoms with Crippen molar-refractivity contribution in [1.82, 2.24) is 0 Å². The second kappa shape index (κ2) is 5.00. The van der Waals surface area contributed by atoms with Crippen molar-refractivity contribution >= 4 is 18.7 Å². The summed E-state index contributed by atoms with van der Waals surface area (Å²) in [4.78, 5) is 0. The van der Waals surface area contributed by atoms with Crippen LogP contribution in [0.25, 0.3) is 6.08 Å². The third-order valence-electron chi connectivity index (χ3n) is 1.68. The van der Waals surface area contributed by atoms with E-state index in [9.17, 15) is 8.78 Å². The maximum Gasteiger partial charge on any atom is 0.162 e. The molecule has 1 aromatic carbocycles. The molecule has 0 fully saturated rings. The average Bonchev–Trinajstić information content (AvgIpc) is 2.19. The predicted molar refractivity (Wildman–Crippen MR) is 55.8 cm³/mol. The van der Waals surface area contributed by atoms with Crippen LogP contribution in [0.1, 0.15) is 5.56 Å². The summed E-state index contributed by atoms with van der Waals surface area (Å²) >= 11 is 3.97. The normalized spacial score (nSPS) is 10.9. The fourth-order valence-corrected chi connectivity index (χ4v) is 1.14. The Hall–Kier alpha value is -1.03. The molecule has 1 rings (SSSR count). The predicted octanol–water partition coefficient (Wildman–Crippen LogP) is 2.92. The third-order valence-corrected chi connectivity index (χ3v) is 1.89. The third kappa shape index (κ3) is 2.48. The Bertz CT molecular complexity index is 350. The van der Waals surface area contributed by atoms with E-state index in [-0.39, 0.29) is 0 Å². The lowest BCUT2D eigenvalue weighted by molar-refractivity contribution is 0.405. The van der Waals surface area contributed by atoms with Gasteiger partial charge in [0.05, 0.1) is 7.11 Å². The lowest BCUT2D eigenvalue weighted by Gasteiger charge is -2.05. The van der Waals surface area contributed by atoms with Crippen LogP contribution in [0.5, 0.6) is 5.75 Å². The van der Waals surface area contributed by atoms with Gasteiger partial charge in [-0.3, -0.25) is 0 Å². The van der Waals surface area contributed by atoms with Crippen LogP contribution < -0.4 is 4.74 Å². The zero-order valence-electron chi connectivity index (χ0n) is 7.63. The first-order chi connectivity index (χ1) is 6.69. The van der Waals surface area contributed by atoms with Crippen LogP contribution in [0.3, 0.4) is 0 Å². The smallest absolute Gasteiger partial charge is 0.162 e. The first kappa shape index (κ1) is 11.0. The molecule has 0 heterocycles. The van der Waals surface area contributed by atoms with E-state index in [1.165, 1.54) is 7.11 Å². The van der Waals surface area contributed by atoms with E-state index >= 15 is 0 Å². The Labute approximate surface area is 86.8 Å². The van der Waals surface area contributed by atoms with Crippen LogP contribution in [0, 0.1) is 11.6 Å². The average molecular weight is 216 g/mol. The molecule has 1 nitrogen and oxygen atoms in total. The van der Waals surface area contributed by atoms with Crippen molar-refractivity contribution in [1.29, 1.82) is 0 Å². The highest BCUT2D eigenvalue weighted by molar-refractivity contribution is 7.80. The summed E-state index contributed by atoms with van der Waals surface area (Å²) in [5, 5.41) is 0. The molecule has 0 saturated carbocycles. The van der Waals surface area contributed by atoms with Gasteiger partial charge in [-0.05, 0) is 6.07 Å². The lowest BCUT2D eigenvalue weighted by Crippen LogP contribution is -1.92. The number of halogens is 2. The van der Waals surface area contributed by atoms with Gasteiger partial charge in [-0.2, -0.15) is 12.6 Å². The van der Waals surface area contributed by atoms with Crippen LogP contribution in [0.4, 0.5) is 8.78 Å². The summed E-state index contributed by atoms with van der Waals surface area (Å²) in [6.07, 6.45) is 3.35. The van der Waals surface area contributed by atoms with E-state index in [0.29, 0.717) is 17.1 Å². The molecule has 0 amide bonds. The molecule has 0 aliphatic heterocycles. The summed E-state index contributed by atoms with van der Waals surface area (Å²) in [6.45, 7) is 0. The molecule has 0 atom stereocenters. The minimum absolute atomic E-state index is 0.307. The molecule has 0 aromatic heterocycles. The molecule has 0 aliphatic rings. The fraction of sp³-hybridized carbons (Fsp3) is 0.200. The Kier molecular flexibility index (Phi) is 3.95. The molecule has 14 heavy (non-hydrogen) atoms. The zero-order chi connectivity index (χ0) is 10.6. The van der Waals surface area contributed by atoms with Gasteiger partial charge >= 0.3 is 0 Å². The van der Waals surface area contributed by atoms with Crippen molar-refractivity contribution in [3.8, 4) is 5.75 Å². The van der Waals surface area contributed by atoms with Gasteiger partial charge in [0, 0.05) is 17.4 Å². The molecule has 4 heteroatoms. The van der Waals surface area contributed by atoms with E-state index in [0.717, 1.165) is 12.1 Å².